The molecule has 2 N–H and O–H groups in total. The van der Waals surface area contributed by atoms with Gasteiger partial charge in [0.25, 0.3) is 0 Å². The van der Waals surface area contributed by atoms with E-state index in [0.717, 1.165) is 19.3 Å². The summed E-state index contributed by atoms with van der Waals surface area (Å²) in [4.78, 5) is 23.5. The Morgan fingerprint density at radius 3 is 1.90 bits per heavy atom. The van der Waals surface area contributed by atoms with E-state index in [2.05, 4.69) is 0 Å². The maximum absolute atomic E-state index is 11.8. The van der Waals surface area contributed by atoms with E-state index in [-0.39, 0.29) is 11.8 Å². The Morgan fingerprint density at radius 1 is 1.10 bits per heavy atom. The molecule has 0 bridgehead atoms. The largest absolute Gasteiger partial charge is 0.481 e. The highest BCUT2D eigenvalue weighted by Crippen LogP contribution is 2.44. The Labute approximate surface area is 122 Å². The molecule has 0 heterocycles. The first-order chi connectivity index (χ1) is 9.08. The lowest BCUT2D eigenvalue weighted by molar-refractivity contribution is -0.169. The summed E-state index contributed by atoms with van der Waals surface area (Å²) in [6, 6.07) is 0. The molecule has 0 aromatic carbocycles. The SMILES string of the molecule is CCCC(C)C(C)(C(=O)O)C(C(=O)O)C(C)CC(C)C. The summed E-state index contributed by atoms with van der Waals surface area (Å²) in [6.07, 6.45) is 2.30. The van der Waals surface area contributed by atoms with Gasteiger partial charge in [0.2, 0.25) is 0 Å². The highest BCUT2D eigenvalue weighted by Gasteiger charge is 2.51. The fraction of sp³-hybridized carbons (Fsp3) is 0.875. The van der Waals surface area contributed by atoms with Crippen molar-refractivity contribution in [3.05, 3.63) is 0 Å². The molecule has 118 valence electrons. The highest BCUT2D eigenvalue weighted by atomic mass is 16.4. The molecule has 0 aliphatic heterocycles. The Hall–Kier alpha value is -1.06. The average molecular weight is 286 g/mol. The average Bonchev–Trinajstić information content (AvgIpc) is 2.26. The second-order valence-electron chi connectivity index (χ2n) is 6.70. The van der Waals surface area contributed by atoms with Crippen LogP contribution in [0.4, 0.5) is 0 Å². The van der Waals surface area contributed by atoms with Crippen LogP contribution in [0.2, 0.25) is 0 Å². The molecule has 0 aliphatic rings. The molecule has 20 heavy (non-hydrogen) atoms. The highest BCUT2D eigenvalue weighted by molar-refractivity contribution is 5.83. The van der Waals surface area contributed by atoms with Crippen molar-refractivity contribution in [3.8, 4) is 0 Å². The van der Waals surface area contributed by atoms with Gasteiger partial charge in [0, 0.05) is 0 Å². The number of hydrogen-bond acceptors (Lipinski definition) is 2. The van der Waals surface area contributed by atoms with E-state index in [1.54, 1.807) is 6.92 Å². The Bertz CT molecular complexity index is 337. The van der Waals surface area contributed by atoms with Gasteiger partial charge in [0.05, 0.1) is 11.3 Å². The van der Waals surface area contributed by atoms with Crippen LogP contribution >= 0.6 is 0 Å². The molecule has 0 fully saturated rings. The van der Waals surface area contributed by atoms with Crippen molar-refractivity contribution in [2.45, 2.75) is 60.8 Å². The third kappa shape index (κ3) is 4.22. The summed E-state index contributed by atoms with van der Waals surface area (Å²) in [6.45, 7) is 11.4. The summed E-state index contributed by atoms with van der Waals surface area (Å²) < 4.78 is 0. The zero-order chi connectivity index (χ0) is 16.1. The summed E-state index contributed by atoms with van der Waals surface area (Å²) in [5.41, 5.74) is -1.23. The van der Waals surface area contributed by atoms with Crippen LogP contribution in [-0.2, 0) is 9.59 Å². The lowest BCUT2D eigenvalue weighted by atomic mass is 9.62. The molecule has 0 radical (unpaired) electrons. The molecule has 0 aromatic heterocycles. The van der Waals surface area contributed by atoms with E-state index < -0.39 is 23.3 Å². The second kappa shape index (κ2) is 7.65. The van der Waals surface area contributed by atoms with Crippen LogP contribution in [0, 0.1) is 29.1 Å². The molecular formula is C16H30O4. The molecule has 0 saturated heterocycles. The van der Waals surface area contributed by atoms with Crippen LogP contribution in [-0.4, -0.2) is 22.2 Å². The van der Waals surface area contributed by atoms with Crippen LogP contribution in [0.1, 0.15) is 60.8 Å². The molecule has 4 heteroatoms. The summed E-state index contributed by atoms with van der Waals surface area (Å²) in [5.74, 6) is -2.82. The van der Waals surface area contributed by atoms with E-state index in [9.17, 15) is 19.8 Å². The number of carbonyl (C=O) groups is 2. The van der Waals surface area contributed by atoms with Crippen LogP contribution in [0.25, 0.3) is 0 Å². The molecule has 4 unspecified atom stereocenters. The van der Waals surface area contributed by atoms with Gasteiger partial charge in [-0.05, 0) is 37.5 Å². The molecule has 0 saturated carbocycles. The summed E-state index contributed by atoms with van der Waals surface area (Å²) in [7, 11) is 0. The monoisotopic (exact) mass is 286 g/mol. The fourth-order valence-electron chi connectivity index (χ4n) is 3.35. The first-order valence-corrected chi connectivity index (χ1v) is 7.55. The van der Waals surface area contributed by atoms with E-state index in [1.165, 1.54) is 0 Å². The van der Waals surface area contributed by atoms with Crippen molar-refractivity contribution < 1.29 is 19.8 Å². The quantitative estimate of drug-likeness (QED) is 0.674. The maximum atomic E-state index is 11.8. The van der Waals surface area contributed by atoms with Gasteiger partial charge < -0.3 is 10.2 Å². The molecule has 0 aliphatic carbocycles. The molecule has 4 atom stereocenters. The normalized spacial score (nSPS) is 19.1. The second-order valence-corrected chi connectivity index (χ2v) is 6.70. The first kappa shape index (κ1) is 18.9. The standard InChI is InChI=1S/C16H30O4/c1-7-8-12(5)16(6,15(19)20)13(14(17)18)11(4)9-10(2)3/h10-13H,7-9H2,1-6H3,(H,17,18)(H,19,20). The molecule has 4 nitrogen and oxygen atoms in total. The van der Waals surface area contributed by atoms with Gasteiger partial charge in [-0.15, -0.1) is 0 Å². The van der Waals surface area contributed by atoms with Crippen molar-refractivity contribution in [2.24, 2.45) is 29.1 Å². The Balaban J connectivity index is 5.56. The number of rotatable bonds is 9. The van der Waals surface area contributed by atoms with Crippen molar-refractivity contribution in [2.75, 3.05) is 0 Å². The van der Waals surface area contributed by atoms with Gasteiger partial charge in [0.15, 0.2) is 0 Å². The topological polar surface area (TPSA) is 74.6 Å². The molecule has 0 spiro atoms. The smallest absolute Gasteiger partial charge is 0.310 e. The fourth-order valence-corrected chi connectivity index (χ4v) is 3.35. The number of carboxylic acid groups (broad SMARTS) is 2. The van der Waals surface area contributed by atoms with Crippen molar-refractivity contribution in [1.82, 2.24) is 0 Å². The maximum Gasteiger partial charge on any atom is 0.310 e. The zero-order valence-corrected chi connectivity index (χ0v) is 13.6. The predicted octanol–water partition coefficient (Wildman–Crippen LogP) is 3.90. The molecular weight excluding hydrogens is 256 g/mol. The lowest BCUT2D eigenvalue weighted by Crippen LogP contribution is -2.48. The van der Waals surface area contributed by atoms with E-state index in [4.69, 9.17) is 0 Å². The van der Waals surface area contributed by atoms with Gasteiger partial charge >= 0.3 is 11.9 Å². The zero-order valence-electron chi connectivity index (χ0n) is 13.6. The van der Waals surface area contributed by atoms with Gasteiger partial charge in [-0.3, -0.25) is 9.59 Å². The van der Waals surface area contributed by atoms with Crippen LogP contribution in [0.15, 0.2) is 0 Å². The predicted molar refractivity (Wildman–Crippen MR) is 79.6 cm³/mol. The lowest BCUT2D eigenvalue weighted by Gasteiger charge is -2.40. The first-order valence-electron chi connectivity index (χ1n) is 7.55. The third-order valence-electron chi connectivity index (χ3n) is 4.53. The van der Waals surface area contributed by atoms with E-state index in [0.29, 0.717) is 5.92 Å². The number of aliphatic carboxylic acids is 2. The minimum Gasteiger partial charge on any atom is -0.481 e. The summed E-state index contributed by atoms with van der Waals surface area (Å²) >= 11 is 0. The van der Waals surface area contributed by atoms with Gasteiger partial charge in [-0.2, -0.15) is 0 Å². The van der Waals surface area contributed by atoms with Gasteiger partial charge in [-0.1, -0.05) is 41.0 Å². The minimum atomic E-state index is -1.23. The van der Waals surface area contributed by atoms with E-state index >= 15 is 0 Å². The number of carboxylic acids is 2. The molecule has 0 aromatic rings. The van der Waals surface area contributed by atoms with Gasteiger partial charge in [0.1, 0.15) is 0 Å². The third-order valence-corrected chi connectivity index (χ3v) is 4.53. The van der Waals surface area contributed by atoms with E-state index in [1.807, 2.05) is 34.6 Å². The van der Waals surface area contributed by atoms with Crippen LogP contribution < -0.4 is 0 Å². The minimum absolute atomic E-state index is 0.159. The molecule has 0 rings (SSSR count). The van der Waals surface area contributed by atoms with Crippen LogP contribution in [0.3, 0.4) is 0 Å². The Kier molecular flexibility index (Phi) is 7.25. The van der Waals surface area contributed by atoms with Crippen molar-refractivity contribution in [1.29, 1.82) is 0 Å². The van der Waals surface area contributed by atoms with Crippen molar-refractivity contribution >= 4 is 11.9 Å². The molecule has 0 amide bonds. The van der Waals surface area contributed by atoms with Crippen LogP contribution in [0.5, 0.6) is 0 Å². The van der Waals surface area contributed by atoms with Gasteiger partial charge in [-0.25, -0.2) is 0 Å². The Morgan fingerprint density at radius 2 is 1.60 bits per heavy atom. The van der Waals surface area contributed by atoms with Crippen molar-refractivity contribution in [3.63, 3.8) is 0 Å². The summed E-state index contributed by atoms with van der Waals surface area (Å²) in [5, 5.41) is 19.3. The number of hydrogen-bond donors (Lipinski definition) is 2.